The van der Waals surface area contributed by atoms with Crippen LogP contribution < -0.4 is 5.32 Å². The Morgan fingerprint density at radius 3 is 2.71 bits per heavy atom. The first kappa shape index (κ1) is 14.8. The van der Waals surface area contributed by atoms with Crippen molar-refractivity contribution in [1.29, 1.82) is 0 Å². The first-order chi connectivity index (χ1) is 10.4. The van der Waals surface area contributed by atoms with Crippen molar-refractivity contribution >= 4 is 32.1 Å². The Labute approximate surface area is 134 Å². The minimum Gasteiger partial charge on any atom is -0.309 e. The lowest BCUT2D eigenvalue weighted by Crippen LogP contribution is -2.21. The maximum absolute atomic E-state index is 3.72. The van der Waals surface area contributed by atoms with Crippen LogP contribution >= 0.6 is 22.7 Å². The van der Waals surface area contributed by atoms with Crippen LogP contribution in [0.15, 0.2) is 47.8 Å². The molecule has 0 saturated heterocycles. The molecule has 0 aliphatic carbocycles. The van der Waals surface area contributed by atoms with E-state index >= 15 is 0 Å². The highest BCUT2D eigenvalue weighted by atomic mass is 32.1. The summed E-state index contributed by atoms with van der Waals surface area (Å²) in [4.78, 5) is 1.49. The van der Waals surface area contributed by atoms with E-state index in [1.54, 1.807) is 0 Å². The maximum Gasteiger partial charge on any atom is 0.0454 e. The number of nitrogens with one attached hydrogen (secondary N) is 1. The summed E-state index contributed by atoms with van der Waals surface area (Å²) in [6.45, 7) is 3.32. The average Bonchev–Trinajstić information content (AvgIpc) is 3.10. The molecule has 0 aliphatic heterocycles. The van der Waals surface area contributed by atoms with Crippen LogP contribution in [0.3, 0.4) is 0 Å². The molecule has 3 aromatic rings. The average molecular weight is 316 g/mol. The van der Waals surface area contributed by atoms with Crippen LogP contribution in [0.5, 0.6) is 0 Å². The van der Waals surface area contributed by atoms with Crippen molar-refractivity contribution in [2.24, 2.45) is 0 Å². The van der Waals surface area contributed by atoms with Gasteiger partial charge in [-0.1, -0.05) is 37.3 Å². The smallest absolute Gasteiger partial charge is 0.0454 e. The van der Waals surface area contributed by atoms with Gasteiger partial charge in [0, 0.05) is 20.3 Å². The van der Waals surface area contributed by atoms with Crippen LogP contribution in [0, 0.1) is 0 Å². The van der Waals surface area contributed by atoms with E-state index in [4.69, 9.17) is 0 Å². The zero-order valence-electron chi connectivity index (χ0n) is 12.3. The molecule has 0 bridgehead atoms. The predicted molar refractivity (Wildman–Crippen MR) is 95.5 cm³/mol. The lowest BCUT2D eigenvalue weighted by atomic mass is 10.0. The van der Waals surface area contributed by atoms with E-state index < -0.39 is 0 Å². The SMILES string of the molecule is CCCNC(CCc1ccccc1)c1cc2sccc2s1. The standard InChI is InChI=1S/C18H21NS2/c1-2-11-19-15(9-8-14-6-4-3-5-7-14)17-13-18-16(21-17)10-12-20-18/h3-7,10,12-13,15,19H,2,8-9,11H2,1H3. The van der Waals surface area contributed by atoms with Crippen LogP contribution in [-0.4, -0.2) is 6.54 Å². The second kappa shape index (κ2) is 7.21. The molecule has 0 spiro atoms. The van der Waals surface area contributed by atoms with Gasteiger partial charge >= 0.3 is 0 Å². The Bertz CT molecular complexity index is 640. The van der Waals surface area contributed by atoms with E-state index in [0.29, 0.717) is 6.04 Å². The molecule has 110 valence electrons. The van der Waals surface area contributed by atoms with Crippen LogP contribution in [0.25, 0.3) is 9.40 Å². The largest absolute Gasteiger partial charge is 0.309 e. The zero-order valence-corrected chi connectivity index (χ0v) is 14.0. The van der Waals surface area contributed by atoms with E-state index in [-0.39, 0.29) is 0 Å². The molecule has 1 nitrogen and oxygen atoms in total. The monoisotopic (exact) mass is 315 g/mol. The quantitative estimate of drug-likeness (QED) is 0.595. The molecule has 0 saturated carbocycles. The molecule has 1 aromatic carbocycles. The third-order valence-corrected chi connectivity index (χ3v) is 5.91. The molecule has 1 atom stereocenters. The van der Waals surface area contributed by atoms with Crippen molar-refractivity contribution in [2.45, 2.75) is 32.2 Å². The summed E-state index contributed by atoms with van der Waals surface area (Å²) in [6, 6.07) is 15.9. The molecule has 1 N–H and O–H groups in total. The van der Waals surface area contributed by atoms with E-state index in [0.717, 1.165) is 19.4 Å². The lowest BCUT2D eigenvalue weighted by Gasteiger charge is -2.17. The Hall–Kier alpha value is -1.16. The maximum atomic E-state index is 3.72. The predicted octanol–water partition coefficient (Wildman–Crippen LogP) is 5.64. The number of benzene rings is 1. The Morgan fingerprint density at radius 2 is 1.95 bits per heavy atom. The van der Waals surface area contributed by atoms with Crippen LogP contribution in [0.2, 0.25) is 0 Å². The summed E-state index contributed by atoms with van der Waals surface area (Å²) in [5.41, 5.74) is 1.43. The summed E-state index contributed by atoms with van der Waals surface area (Å²) in [5.74, 6) is 0. The topological polar surface area (TPSA) is 12.0 Å². The summed E-state index contributed by atoms with van der Waals surface area (Å²) >= 11 is 3.79. The zero-order chi connectivity index (χ0) is 14.5. The highest BCUT2D eigenvalue weighted by Gasteiger charge is 2.14. The van der Waals surface area contributed by atoms with Crippen molar-refractivity contribution in [3.8, 4) is 0 Å². The summed E-state index contributed by atoms with van der Waals surface area (Å²) < 4.78 is 2.86. The highest BCUT2D eigenvalue weighted by Crippen LogP contribution is 2.34. The van der Waals surface area contributed by atoms with Crippen LogP contribution in [0.4, 0.5) is 0 Å². The van der Waals surface area contributed by atoms with E-state index in [1.165, 1.54) is 26.3 Å². The van der Waals surface area contributed by atoms with Gasteiger partial charge in [-0.2, -0.15) is 0 Å². The lowest BCUT2D eigenvalue weighted by molar-refractivity contribution is 0.506. The number of hydrogen-bond donors (Lipinski definition) is 1. The summed E-state index contributed by atoms with van der Waals surface area (Å²) in [6.07, 6.45) is 3.48. The Morgan fingerprint density at radius 1 is 1.10 bits per heavy atom. The molecule has 1 unspecified atom stereocenters. The molecule has 3 rings (SSSR count). The minimum absolute atomic E-state index is 0.481. The van der Waals surface area contributed by atoms with Gasteiger partial charge in [0.1, 0.15) is 0 Å². The molecular weight excluding hydrogens is 294 g/mol. The van der Waals surface area contributed by atoms with Crippen molar-refractivity contribution in [3.63, 3.8) is 0 Å². The normalized spacial score (nSPS) is 12.8. The first-order valence-electron chi connectivity index (χ1n) is 7.61. The van der Waals surface area contributed by atoms with Crippen molar-refractivity contribution in [3.05, 3.63) is 58.3 Å². The van der Waals surface area contributed by atoms with Gasteiger partial charge in [0.2, 0.25) is 0 Å². The van der Waals surface area contributed by atoms with Crippen molar-refractivity contribution < 1.29 is 0 Å². The number of hydrogen-bond acceptors (Lipinski definition) is 3. The highest BCUT2D eigenvalue weighted by molar-refractivity contribution is 7.26. The number of aryl methyl sites for hydroxylation is 1. The van der Waals surface area contributed by atoms with Gasteiger partial charge < -0.3 is 5.32 Å². The molecule has 2 aromatic heterocycles. The van der Waals surface area contributed by atoms with Gasteiger partial charge in [-0.15, -0.1) is 22.7 Å². The van der Waals surface area contributed by atoms with Crippen molar-refractivity contribution in [1.82, 2.24) is 5.32 Å². The van der Waals surface area contributed by atoms with Gasteiger partial charge in [0.15, 0.2) is 0 Å². The first-order valence-corrected chi connectivity index (χ1v) is 9.30. The van der Waals surface area contributed by atoms with Gasteiger partial charge in [-0.05, 0) is 48.9 Å². The second-order valence-electron chi connectivity index (χ2n) is 5.33. The number of rotatable bonds is 7. The Kier molecular flexibility index (Phi) is 5.07. The second-order valence-corrected chi connectivity index (χ2v) is 7.39. The molecule has 0 fully saturated rings. The van der Waals surface area contributed by atoms with E-state index in [2.05, 4.69) is 60.1 Å². The third-order valence-electron chi connectivity index (χ3n) is 3.71. The fraction of sp³-hybridized carbons (Fsp3) is 0.333. The van der Waals surface area contributed by atoms with Crippen molar-refractivity contribution in [2.75, 3.05) is 6.54 Å². The third kappa shape index (κ3) is 3.73. The van der Waals surface area contributed by atoms with Crippen LogP contribution in [-0.2, 0) is 6.42 Å². The molecule has 21 heavy (non-hydrogen) atoms. The fourth-order valence-electron chi connectivity index (χ4n) is 2.58. The molecule has 2 heterocycles. The molecule has 3 heteroatoms. The minimum atomic E-state index is 0.481. The fourth-order valence-corrected chi connectivity index (χ4v) is 4.81. The molecule has 0 amide bonds. The van der Waals surface area contributed by atoms with Gasteiger partial charge in [0.05, 0.1) is 0 Å². The van der Waals surface area contributed by atoms with Crippen LogP contribution in [0.1, 0.15) is 36.2 Å². The van der Waals surface area contributed by atoms with Gasteiger partial charge in [0.25, 0.3) is 0 Å². The number of thiophene rings is 2. The van der Waals surface area contributed by atoms with Gasteiger partial charge in [-0.3, -0.25) is 0 Å². The van der Waals surface area contributed by atoms with Gasteiger partial charge in [-0.25, -0.2) is 0 Å². The molecular formula is C18H21NS2. The summed E-state index contributed by atoms with van der Waals surface area (Å²) in [7, 11) is 0. The molecule has 0 radical (unpaired) electrons. The van der Waals surface area contributed by atoms with E-state index in [1.807, 2.05) is 22.7 Å². The Balaban J connectivity index is 1.72. The summed E-state index contributed by atoms with van der Waals surface area (Å²) in [5, 5.41) is 5.91. The van der Waals surface area contributed by atoms with E-state index in [9.17, 15) is 0 Å². The number of fused-ring (bicyclic) bond motifs is 1. The molecule has 0 aliphatic rings.